The van der Waals surface area contributed by atoms with Gasteiger partial charge in [-0.05, 0) is 24.1 Å². The van der Waals surface area contributed by atoms with Crippen molar-refractivity contribution < 1.29 is 9.13 Å². The lowest BCUT2D eigenvalue weighted by atomic mass is 9.98. The SMILES string of the molecule is CCCC[C@H](c1ccc(OC)c(F)c1)N1CCNCC1.Cl.Cl. The lowest BCUT2D eigenvalue weighted by Crippen LogP contribution is -2.45. The molecule has 1 atom stereocenters. The molecule has 0 bridgehead atoms. The van der Waals surface area contributed by atoms with Crippen LogP contribution in [-0.4, -0.2) is 38.2 Å². The molecular weight excluding hydrogens is 326 g/mol. The molecular formula is C16H27Cl2FN2O. The predicted octanol–water partition coefficient (Wildman–Crippen LogP) is 3.81. The normalized spacial score (nSPS) is 16.3. The number of rotatable bonds is 6. The fraction of sp³-hybridized carbons (Fsp3) is 0.625. The first-order chi connectivity index (χ1) is 9.76. The largest absolute Gasteiger partial charge is 0.494 e. The number of halogens is 3. The molecule has 0 aromatic heterocycles. The zero-order chi connectivity index (χ0) is 14.4. The summed E-state index contributed by atoms with van der Waals surface area (Å²) in [7, 11) is 1.50. The maximum absolute atomic E-state index is 13.9. The molecule has 0 unspecified atom stereocenters. The van der Waals surface area contributed by atoms with Crippen molar-refractivity contribution in [3.05, 3.63) is 29.6 Å². The van der Waals surface area contributed by atoms with Gasteiger partial charge >= 0.3 is 0 Å². The summed E-state index contributed by atoms with van der Waals surface area (Å²) >= 11 is 0. The van der Waals surface area contributed by atoms with Crippen LogP contribution in [0.5, 0.6) is 5.75 Å². The van der Waals surface area contributed by atoms with Crippen molar-refractivity contribution in [2.45, 2.75) is 32.2 Å². The Hall–Kier alpha value is -0.550. The van der Waals surface area contributed by atoms with Crippen molar-refractivity contribution >= 4 is 24.8 Å². The first-order valence-corrected chi connectivity index (χ1v) is 7.54. The Morgan fingerprint density at radius 2 is 1.95 bits per heavy atom. The van der Waals surface area contributed by atoms with Gasteiger partial charge in [0.05, 0.1) is 7.11 Å². The van der Waals surface area contributed by atoms with E-state index in [2.05, 4.69) is 17.1 Å². The van der Waals surface area contributed by atoms with Gasteiger partial charge in [0.25, 0.3) is 0 Å². The number of nitrogens with zero attached hydrogens (tertiary/aromatic N) is 1. The van der Waals surface area contributed by atoms with E-state index in [9.17, 15) is 4.39 Å². The summed E-state index contributed by atoms with van der Waals surface area (Å²) in [4.78, 5) is 2.47. The minimum absolute atomic E-state index is 0. The zero-order valence-electron chi connectivity index (χ0n) is 13.3. The quantitative estimate of drug-likeness (QED) is 0.842. The van der Waals surface area contributed by atoms with Crippen LogP contribution in [0.25, 0.3) is 0 Å². The van der Waals surface area contributed by atoms with Gasteiger partial charge in [-0.3, -0.25) is 4.90 Å². The highest BCUT2D eigenvalue weighted by molar-refractivity contribution is 5.85. The fourth-order valence-corrected chi connectivity index (χ4v) is 2.84. The van der Waals surface area contributed by atoms with E-state index in [1.165, 1.54) is 20.0 Å². The topological polar surface area (TPSA) is 24.5 Å². The first kappa shape index (κ1) is 21.4. The summed E-state index contributed by atoms with van der Waals surface area (Å²) in [5.74, 6) is 0.0601. The highest BCUT2D eigenvalue weighted by Gasteiger charge is 2.22. The monoisotopic (exact) mass is 352 g/mol. The standard InChI is InChI=1S/C16H25FN2O.2ClH/c1-3-4-5-15(19-10-8-18-9-11-19)13-6-7-16(20-2)14(17)12-13;;/h6-7,12,15,18H,3-5,8-11H2,1-2H3;2*1H/t15-;;/m1../s1. The molecule has 3 nitrogen and oxygen atoms in total. The minimum Gasteiger partial charge on any atom is -0.494 e. The van der Waals surface area contributed by atoms with E-state index in [0.717, 1.165) is 38.2 Å². The van der Waals surface area contributed by atoms with E-state index in [4.69, 9.17) is 4.74 Å². The average molecular weight is 353 g/mol. The van der Waals surface area contributed by atoms with E-state index in [0.29, 0.717) is 11.8 Å². The van der Waals surface area contributed by atoms with E-state index < -0.39 is 0 Å². The second-order valence-electron chi connectivity index (χ2n) is 5.34. The fourth-order valence-electron chi connectivity index (χ4n) is 2.84. The Morgan fingerprint density at radius 3 is 2.50 bits per heavy atom. The third-order valence-corrected chi connectivity index (χ3v) is 3.98. The summed E-state index contributed by atoms with van der Waals surface area (Å²) in [6.07, 6.45) is 3.42. The van der Waals surface area contributed by atoms with Gasteiger partial charge in [-0.1, -0.05) is 25.8 Å². The number of nitrogens with one attached hydrogen (secondary N) is 1. The number of hydrogen-bond donors (Lipinski definition) is 1. The van der Waals surface area contributed by atoms with E-state index in [1.807, 2.05) is 6.07 Å². The molecule has 1 aliphatic rings. The summed E-state index contributed by atoms with van der Waals surface area (Å²) in [6, 6.07) is 5.70. The minimum atomic E-state index is -0.262. The van der Waals surface area contributed by atoms with Crippen LogP contribution >= 0.6 is 24.8 Å². The van der Waals surface area contributed by atoms with Gasteiger partial charge < -0.3 is 10.1 Å². The molecule has 1 aromatic carbocycles. The van der Waals surface area contributed by atoms with Crippen LogP contribution in [0, 0.1) is 5.82 Å². The van der Waals surface area contributed by atoms with Gasteiger partial charge in [0.15, 0.2) is 11.6 Å². The molecule has 1 N–H and O–H groups in total. The molecule has 2 rings (SSSR count). The molecule has 6 heteroatoms. The molecule has 1 aliphatic heterocycles. The molecule has 0 spiro atoms. The number of methoxy groups -OCH3 is 1. The van der Waals surface area contributed by atoms with Crippen LogP contribution in [0.1, 0.15) is 37.8 Å². The zero-order valence-corrected chi connectivity index (χ0v) is 14.9. The Morgan fingerprint density at radius 1 is 1.27 bits per heavy atom. The van der Waals surface area contributed by atoms with Crippen LogP contribution in [0.4, 0.5) is 4.39 Å². The molecule has 1 fully saturated rings. The molecule has 0 saturated carbocycles. The van der Waals surface area contributed by atoms with Crippen LogP contribution in [0.3, 0.4) is 0 Å². The van der Waals surface area contributed by atoms with Crippen molar-refractivity contribution in [1.29, 1.82) is 0 Å². The van der Waals surface area contributed by atoms with Crippen molar-refractivity contribution in [1.82, 2.24) is 10.2 Å². The average Bonchev–Trinajstić information content (AvgIpc) is 2.49. The van der Waals surface area contributed by atoms with Crippen LogP contribution < -0.4 is 10.1 Å². The lowest BCUT2D eigenvalue weighted by Gasteiger charge is -2.35. The summed E-state index contributed by atoms with van der Waals surface area (Å²) in [5, 5.41) is 3.37. The molecule has 0 radical (unpaired) electrons. The van der Waals surface area contributed by atoms with E-state index in [1.54, 1.807) is 12.1 Å². The Bertz CT molecular complexity index is 429. The van der Waals surface area contributed by atoms with Crippen molar-refractivity contribution in [2.24, 2.45) is 0 Å². The third-order valence-electron chi connectivity index (χ3n) is 3.98. The first-order valence-electron chi connectivity index (χ1n) is 7.54. The van der Waals surface area contributed by atoms with Crippen molar-refractivity contribution in [3.63, 3.8) is 0 Å². The lowest BCUT2D eigenvalue weighted by molar-refractivity contribution is 0.163. The maximum atomic E-state index is 13.9. The van der Waals surface area contributed by atoms with Gasteiger partial charge in [0, 0.05) is 32.2 Å². The van der Waals surface area contributed by atoms with Gasteiger partial charge in [0.2, 0.25) is 0 Å². The second kappa shape index (κ2) is 11.1. The number of hydrogen-bond acceptors (Lipinski definition) is 3. The van der Waals surface area contributed by atoms with Gasteiger partial charge in [-0.2, -0.15) is 0 Å². The van der Waals surface area contributed by atoms with Crippen molar-refractivity contribution in [3.8, 4) is 5.75 Å². The number of benzene rings is 1. The summed E-state index contributed by atoms with van der Waals surface area (Å²) in [5.41, 5.74) is 1.07. The molecule has 1 aromatic rings. The van der Waals surface area contributed by atoms with Crippen LogP contribution in [0.2, 0.25) is 0 Å². The summed E-state index contributed by atoms with van der Waals surface area (Å²) in [6.45, 7) is 6.29. The predicted molar refractivity (Wildman–Crippen MR) is 94.2 cm³/mol. The summed E-state index contributed by atoms with van der Waals surface area (Å²) < 4.78 is 19.0. The maximum Gasteiger partial charge on any atom is 0.165 e. The molecule has 0 amide bonds. The Balaban J connectivity index is 0.00000220. The highest BCUT2D eigenvalue weighted by atomic mass is 35.5. The van der Waals surface area contributed by atoms with E-state index in [-0.39, 0.29) is 30.6 Å². The highest BCUT2D eigenvalue weighted by Crippen LogP contribution is 2.29. The molecule has 1 saturated heterocycles. The Kier molecular flexibility index (Phi) is 10.8. The second-order valence-corrected chi connectivity index (χ2v) is 5.34. The molecule has 22 heavy (non-hydrogen) atoms. The number of piperazine rings is 1. The van der Waals surface area contributed by atoms with Crippen molar-refractivity contribution in [2.75, 3.05) is 33.3 Å². The van der Waals surface area contributed by atoms with Crippen LogP contribution in [0.15, 0.2) is 18.2 Å². The van der Waals surface area contributed by atoms with Gasteiger partial charge in [-0.15, -0.1) is 24.8 Å². The molecule has 0 aliphatic carbocycles. The van der Waals surface area contributed by atoms with Gasteiger partial charge in [0.1, 0.15) is 0 Å². The van der Waals surface area contributed by atoms with E-state index >= 15 is 0 Å². The van der Waals surface area contributed by atoms with Gasteiger partial charge in [-0.25, -0.2) is 4.39 Å². The molecule has 128 valence electrons. The number of ether oxygens (including phenoxy) is 1. The smallest absolute Gasteiger partial charge is 0.165 e. The number of unbranched alkanes of at least 4 members (excludes halogenated alkanes) is 1. The van der Waals surface area contributed by atoms with Crippen LogP contribution in [-0.2, 0) is 0 Å². The third kappa shape index (κ3) is 5.58. The Labute approximate surface area is 145 Å². The molecule has 1 heterocycles.